The van der Waals surface area contributed by atoms with Gasteiger partial charge in [0, 0.05) is 5.92 Å². The standard InChI is InChI=1S/C15H20N4O/c1-2-19-8-6-10(7-9-19)15-17-12-5-3-4-11(14(16)20)13(12)18-15/h3-5,10H,2,6-9H2,1H3,(H2,16,20)(H,17,18). The molecule has 1 aliphatic heterocycles. The molecule has 1 saturated heterocycles. The maximum absolute atomic E-state index is 11.4. The molecule has 2 aromatic rings. The first kappa shape index (κ1) is 13.1. The molecule has 20 heavy (non-hydrogen) atoms. The number of H-pyrrole nitrogens is 1. The average Bonchev–Trinajstić information content (AvgIpc) is 2.90. The molecule has 1 aliphatic rings. The minimum atomic E-state index is -0.422. The number of carbonyl (C=O) groups is 1. The Hall–Kier alpha value is -1.88. The lowest BCUT2D eigenvalue weighted by Crippen LogP contribution is -2.32. The molecule has 106 valence electrons. The van der Waals surface area contributed by atoms with Gasteiger partial charge in [-0.2, -0.15) is 0 Å². The summed E-state index contributed by atoms with van der Waals surface area (Å²) in [5.74, 6) is 1.02. The predicted molar refractivity (Wildman–Crippen MR) is 78.7 cm³/mol. The molecule has 0 radical (unpaired) electrons. The van der Waals surface area contributed by atoms with Gasteiger partial charge in [0.1, 0.15) is 11.3 Å². The van der Waals surface area contributed by atoms with E-state index in [1.807, 2.05) is 12.1 Å². The van der Waals surface area contributed by atoms with Crippen molar-refractivity contribution in [2.75, 3.05) is 19.6 Å². The number of benzene rings is 1. The minimum Gasteiger partial charge on any atom is -0.366 e. The highest BCUT2D eigenvalue weighted by Crippen LogP contribution is 2.28. The Morgan fingerprint density at radius 2 is 2.20 bits per heavy atom. The quantitative estimate of drug-likeness (QED) is 0.895. The van der Waals surface area contributed by atoms with Gasteiger partial charge in [-0.05, 0) is 44.6 Å². The molecule has 0 unspecified atom stereocenters. The van der Waals surface area contributed by atoms with Gasteiger partial charge in [0.2, 0.25) is 0 Å². The van der Waals surface area contributed by atoms with E-state index in [1.54, 1.807) is 6.07 Å². The average molecular weight is 272 g/mol. The van der Waals surface area contributed by atoms with Crippen molar-refractivity contribution in [3.05, 3.63) is 29.6 Å². The molecule has 1 fully saturated rings. The Kier molecular flexibility index (Phi) is 3.44. The van der Waals surface area contributed by atoms with Crippen LogP contribution in [-0.4, -0.2) is 40.4 Å². The summed E-state index contributed by atoms with van der Waals surface area (Å²) in [6.07, 6.45) is 2.22. The van der Waals surface area contributed by atoms with E-state index in [1.165, 1.54) is 0 Å². The molecular formula is C15H20N4O. The highest BCUT2D eigenvalue weighted by molar-refractivity contribution is 6.04. The molecule has 1 amide bonds. The number of nitrogens with zero attached hydrogens (tertiary/aromatic N) is 2. The van der Waals surface area contributed by atoms with Crippen molar-refractivity contribution < 1.29 is 4.79 Å². The van der Waals surface area contributed by atoms with Crippen LogP contribution >= 0.6 is 0 Å². The van der Waals surface area contributed by atoms with Crippen LogP contribution < -0.4 is 5.73 Å². The van der Waals surface area contributed by atoms with E-state index in [0.717, 1.165) is 43.8 Å². The van der Waals surface area contributed by atoms with E-state index in [2.05, 4.69) is 21.8 Å². The first-order valence-corrected chi connectivity index (χ1v) is 7.19. The number of aromatic amines is 1. The molecule has 0 spiro atoms. The molecular weight excluding hydrogens is 252 g/mol. The summed E-state index contributed by atoms with van der Waals surface area (Å²) < 4.78 is 0. The van der Waals surface area contributed by atoms with Crippen LogP contribution in [0.25, 0.3) is 11.0 Å². The van der Waals surface area contributed by atoms with Crippen LogP contribution in [0.1, 0.15) is 41.9 Å². The lowest BCUT2D eigenvalue weighted by molar-refractivity contribution is 0.100. The van der Waals surface area contributed by atoms with Crippen LogP contribution in [0.3, 0.4) is 0 Å². The van der Waals surface area contributed by atoms with Gasteiger partial charge in [-0.25, -0.2) is 4.98 Å². The Bertz CT molecular complexity index is 626. The van der Waals surface area contributed by atoms with E-state index in [0.29, 0.717) is 17.0 Å². The van der Waals surface area contributed by atoms with Gasteiger partial charge < -0.3 is 15.6 Å². The SMILES string of the molecule is CCN1CCC(c2nc3c(C(N)=O)cccc3[nH]2)CC1. The largest absolute Gasteiger partial charge is 0.366 e. The smallest absolute Gasteiger partial charge is 0.250 e. The predicted octanol–water partition coefficient (Wildman–Crippen LogP) is 1.86. The lowest BCUT2D eigenvalue weighted by atomic mass is 9.96. The molecule has 2 heterocycles. The lowest BCUT2D eigenvalue weighted by Gasteiger charge is -2.29. The second-order valence-electron chi connectivity index (χ2n) is 5.40. The Morgan fingerprint density at radius 3 is 2.85 bits per heavy atom. The van der Waals surface area contributed by atoms with E-state index in [4.69, 9.17) is 5.73 Å². The third-order valence-corrected chi connectivity index (χ3v) is 4.22. The van der Waals surface area contributed by atoms with Crippen molar-refractivity contribution in [2.45, 2.75) is 25.7 Å². The van der Waals surface area contributed by atoms with Crippen molar-refractivity contribution in [3.63, 3.8) is 0 Å². The van der Waals surface area contributed by atoms with Gasteiger partial charge in [0.05, 0.1) is 11.1 Å². The van der Waals surface area contributed by atoms with Gasteiger partial charge in [-0.1, -0.05) is 13.0 Å². The van der Waals surface area contributed by atoms with Crippen molar-refractivity contribution in [3.8, 4) is 0 Å². The number of fused-ring (bicyclic) bond motifs is 1. The number of hydrogen-bond donors (Lipinski definition) is 2. The van der Waals surface area contributed by atoms with Crippen molar-refractivity contribution in [1.29, 1.82) is 0 Å². The molecule has 1 aromatic carbocycles. The molecule has 0 bridgehead atoms. The van der Waals surface area contributed by atoms with Crippen LogP contribution in [0.5, 0.6) is 0 Å². The summed E-state index contributed by atoms with van der Waals surface area (Å²) in [5.41, 5.74) is 7.50. The Balaban J connectivity index is 1.90. The van der Waals surface area contributed by atoms with Crippen LogP contribution in [0.15, 0.2) is 18.2 Å². The Morgan fingerprint density at radius 1 is 1.45 bits per heavy atom. The number of aromatic nitrogens is 2. The first-order valence-electron chi connectivity index (χ1n) is 7.19. The maximum Gasteiger partial charge on any atom is 0.250 e. The normalized spacial score (nSPS) is 17.6. The monoisotopic (exact) mass is 272 g/mol. The number of nitrogens with one attached hydrogen (secondary N) is 1. The number of carbonyl (C=O) groups excluding carboxylic acids is 1. The molecule has 3 rings (SSSR count). The summed E-state index contributed by atoms with van der Waals surface area (Å²) in [4.78, 5) is 21.9. The maximum atomic E-state index is 11.4. The zero-order valence-electron chi connectivity index (χ0n) is 11.7. The molecule has 3 N–H and O–H groups in total. The molecule has 0 atom stereocenters. The molecule has 5 nitrogen and oxygen atoms in total. The van der Waals surface area contributed by atoms with Gasteiger partial charge in [0.25, 0.3) is 5.91 Å². The van der Waals surface area contributed by atoms with Crippen molar-refractivity contribution >= 4 is 16.9 Å². The van der Waals surface area contributed by atoms with Crippen LogP contribution in [0.2, 0.25) is 0 Å². The molecule has 0 saturated carbocycles. The van der Waals surface area contributed by atoms with E-state index in [9.17, 15) is 4.79 Å². The highest BCUT2D eigenvalue weighted by Gasteiger charge is 2.23. The fourth-order valence-corrected chi connectivity index (χ4v) is 2.97. The summed E-state index contributed by atoms with van der Waals surface area (Å²) >= 11 is 0. The summed E-state index contributed by atoms with van der Waals surface area (Å²) in [6.45, 7) is 5.53. The fourth-order valence-electron chi connectivity index (χ4n) is 2.97. The van der Waals surface area contributed by atoms with Gasteiger partial charge in [-0.3, -0.25) is 4.79 Å². The number of hydrogen-bond acceptors (Lipinski definition) is 3. The zero-order chi connectivity index (χ0) is 14.1. The number of imidazole rings is 1. The Labute approximate surface area is 118 Å². The number of likely N-dealkylation sites (tertiary alicyclic amines) is 1. The molecule has 0 aliphatic carbocycles. The number of amides is 1. The second-order valence-corrected chi connectivity index (χ2v) is 5.40. The molecule has 1 aromatic heterocycles. The van der Waals surface area contributed by atoms with Crippen molar-refractivity contribution in [2.24, 2.45) is 5.73 Å². The highest BCUT2D eigenvalue weighted by atomic mass is 16.1. The van der Waals surface area contributed by atoms with E-state index in [-0.39, 0.29) is 0 Å². The third kappa shape index (κ3) is 2.29. The zero-order valence-corrected chi connectivity index (χ0v) is 11.7. The number of rotatable bonds is 3. The van der Waals surface area contributed by atoms with Gasteiger partial charge in [0.15, 0.2) is 0 Å². The first-order chi connectivity index (χ1) is 9.69. The third-order valence-electron chi connectivity index (χ3n) is 4.22. The van der Waals surface area contributed by atoms with Gasteiger partial charge in [-0.15, -0.1) is 0 Å². The summed E-state index contributed by atoms with van der Waals surface area (Å²) in [5, 5.41) is 0. The topological polar surface area (TPSA) is 75.0 Å². The van der Waals surface area contributed by atoms with E-state index >= 15 is 0 Å². The number of nitrogens with two attached hydrogens (primary N) is 1. The summed E-state index contributed by atoms with van der Waals surface area (Å²) in [7, 11) is 0. The minimum absolute atomic E-state index is 0.422. The summed E-state index contributed by atoms with van der Waals surface area (Å²) in [6, 6.07) is 5.51. The van der Waals surface area contributed by atoms with E-state index < -0.39 is 5.91 Å². The number of primary amides is 1. The van der Waals surface area contributed by atoms with Crippen LogP contribution in [0, 0.1) is 0 Å². The number of piperidine rings is 1. The second kappa shape index (κ2) is 5.25. The fraction of sp³-hybridized carbons (Fsp3) is 0.467. The molecule has 5 heteroatoms. The van der Waals surface area contributed by atoms with Crippen LogP contribution in [-0.2, 0) is 0 Å². The van der Waals surface area contributed by atoms with Crippen LogP contribution in [0.4, 0.5) is 0 Å². The van der Waals surface area contributed by atoms with Gasteiger partial charge >= 0.3 is 0 Å². The van der Waals surface area contributed by atoms with Crippen molar-refractivity contribution in [1.82, 2.24) is 14.9 Å². The number of para-hydroxylation sites is 1.